The number of benzene rings is 1. The minimum Gasteiger partial charge on any atom is -0.330 e. The molecule has 1 fully saturated rings. The van der Waals surface area contributed by atoms with E-state index in [9.17, 15) is 0 Å². The SMILES string of the molecule is Cc1ncc(CNC2CC2)n1CC1Cc2ccccc2S1. The summed E-state index contributed by atoms with van der Waals surface area (Å²) in [5, 5.41) is 4.24. The maximum atomic E-state index is 4.52. The average Bonchev–Trinajstić information content (AvgIpc) is 3.13. The summed E-state index contributed by atoms with van der Waals surface area (Å²) in [6.45, 7) is 4.14. The molecule has 1 aromatic carbocycles. The molecule has 1 aromatic heterocycles. The molecule has 0 saturated heterocycles. The molecule has 2 heterocycles. The van der Waals surface area contributed by atoms with Crippen LogP contribution in [0.3, 0.4) is 0 Å². The molecule has 1 unspecified atom stereocenters. The highest BCUT2D eigenvalue weighted by Crippen LogP contribution is 2.37. The van der Waals surface area contributed by atoms with E-state index in [4.69, 9.17) is 0 Å². The van der Waals surface area contributed by atoms with E-state index >= 15 is 0 Å². The van der Waals surface area contributed by atoms with Gasteiger partial charge in [0.05, 0.1) is 5.69 Å². The third-order valence-corrected chi connectivity index (χ3v) is 5.69. The topological polar surface area (TPSA) is 29.9 Å². The van der Waals surface area contributed by atoms with Crippen molar-refractivity contribution in [3.8, 4) is 0 Å². The number of fused-ring (bicyclic) bond motifs is 1. The van der Waals surface area contributed by atoms with Crippen LogP contribution in [0.25, 0.3) is 0 Å². The van der Waals surface area contributed by atoms with Crippen LogP contribution in [0.5, 0.6) is 0 Å². The van der Waals surface area contributed by atoms with Crippen molar-refractivity contribution in [2.24, 2.45) is 0 Å². The first kappa shape index (κ1) is 13.4. The van der Waals surface area contributed by atoms with E-state index in [1.807, 2.05) is 18.0 Å². The highest BCUT2D eigenvalue weighted by atomic mass is 32.2. The number of nitrogens with one attached hydrogen (secondary N) is 1. The number of imidazole rings is 1. The van der Waals surface area contributed by atoms with Crippen LogP contribution in [0, 0.1) is 6.92 Å². The van der Waals surface area contributed by atoms with Gasteiger partial charge in [-0.3, -0.25) is 0 Å². The zero-order valence-electron chi connectivity index (χ0n) is 12.4. The number of rotatable bonds is 5. The summed E-state index contributed by atoms with van der Waals surface area (Å²) in [4.78, 5) is 5.98. The first-order valence-electron chi connectivity index (χ1n) is 7.78. The molecule has 4 heteroatoms. The first-order chi connectivity index (χ1) is 10.3. The van der Waals surface area contributed by atoms with Gasteiger partial charge in [-0.15, -0.1) is 11.8 Å². The summed E-state index contributed by atoms with van der Waals surface area (Å²) in [7, 11) is 0. The van der Waals surface area contributed by atoms with Crippen LogP contribution < -0.4 is 5.32 Å². The highest BCUT2D eigenvalue weighted by Gasteiger charge is 2.24. The minimum absolute atomic E-state index is 0.634. The number of thioether (sulfide) groups is 1. The molecule has 110 valence electrons. The van der Waals surface area contributed by atoms with Gasteiger partial charge < -0.3 is 9.88 Å². The van der Waals surface area contributed by atoms with Gasteiger partial charge in [0.15, 0.2) is 0 Å². The molecule has 2 aliphatic rings. The van der Waals surface area contributed by atoms with Gasteiger partial charge in [-0.25, -0.2) is 4.98 Å². The lowest BCUT2D eigenvalue weighted by atomic mass is 10.1. The summed E-state index contributed by atoms with van der Waals surface area (Å²) in [6, 6.07) is 9.55. The van der Waals surface area contributed by atoms with Gasteiger partial charge in [0.1, 0.15) is 5.82 Å². The molecule has 3 nitrogen and oxygen atoms in total. The molecule has 2 aromatic rings. The lowest BCUT2D eigenvalue weighted by Crippen LogP contribution is -2.21. The van der Waals surface area contributed by atoms with E-state index in [0.717, 1.165) is 25.0 Å². The van der Waals surface area contributed by atoms with E-state index in [1.54, 1.807) is 0 Å². The lowest BCUT2D eigenvalue weighted by Gasteiger charge is -2.15. The van der Waals surface area contributed by atoms with Crippen molar-refractivity contribution in [1.29, 1.82) is 0 Å². The fourth-order valence-electron chi connectivity index (χ4n) is 3.00. The molecular formula is C17H21N3S. The number of hydrogen-bond donors (Lipinski definition) is 1. The van der Waals surface area contributed by atoms with Gasteiger partial charge in [0.25, 0.3) is 0 Å². The zero-order valence-corrected chi connectivity index (χ0v) is 13.2. The molecule has 0 amide bonds. The Morgan fingerprint density at radius 3 is 3.00 bits per heavy atom. The lowest BCUT2D eigenvalue weighted by molar-refractivity contribution is 0.584. The number of nitrogens with zero attached hydrogens (tertiary/aromatic N) is 2. The predicted molar refractivity (Wildman–Crippen MR) is 86.6 cm³/mol. The van der Waals surface area contributed by atoms with Crippen molar-refractivity contribution >= 4 is 11.8 Å². The maximum Gasteiger partial charge on any atom is 0.105 e. The second kappa shape index (κ2) is 5.50. The van der Waals surface area contributed by atoms with E-state index in [2.05, 4.69) is 46.1 Å². The van der Waals surface area contributed by atoms with Gasteiger partial charge in [-0.2, -0.15) is 0 Å². The fraction of sp³-hybridized carbons (Fsp3) is 0.471. The van der Waals surface area contributed by atoms with Crippen molar-refractivity contribution < 1.29 is 0 Å². The summed E-state index contributed by atoms with van der Waals surface area (Å²) in [5.41, 5.74) is 2.83. The van der Waals surface area contributed by atoms with Gasteiger partial charge in [-0.05, 0) is 37.8 Å². The second-order valence-corrected chi connectivity index (χ2v) is 7.46. The molecule has 4 rings (SSSR count). The number of aryl methyl sites for hydroxylation is 1. The second-order valence-electron chi connectivity index (χ2n) is 6.11. The maximum absolute atomic E-state index is 4.52. The third-order valence-electron chi connectivity index (χ3n) is 4.39. The molecule has 0 spiro atoms. The van der Waals surface area contributed by atoms with Crippen LogP contribution >= 0.6 is 11.8 Å². The Hall–Kier alpha value is -1.26. The molecule has 1 atom stereocenters. The standard InChI is InChI=1S/C17H21N3S/c1-12-18-9-15(10-19-14-6-7-14)20(12)11-16-8-13-4-2-3-5-17(13)21-16/h2-5,9,14,16,19H,6-8,10-11H2,1H3. The number of hydrogen-bond acceptors (Lipinski definition) is 3. The van der Waals surface area contributed by atoms with Crippen molar-refractivity contribution in [3.63, 3.8) is 0 Å². The van der Waals surface area contributed by atoms with E-state index in [-0.39, 0.29) is 0 Å². The smallest absolute Gasteiger partial charge is 0.105 e. The Labute approximate surface area is 130 Å². The average molecular weight is 299 g/mol. The van der Waals surface area contributed by atoms with Crippen LogP contribution in [0.2, 0.25) is 0 Å². The molecule has 0 bridgehead atoms. The van der Waals surface area contributed by atoms with Gasteiger partial charge in [-0.1, -0.05) is 18.2 Å². The van der Waals surface area contributed by atoms with Crippen molar-refractivity contribution in [3.05, 3.63) is 47.5 Å². The summed E-state index contributed by atoms with van der Waals surface area (Å²) >= 11 is 2.02. The largest absolute Gasteiger partial charge is 0.330 e. The Morgan fingerprint density at radius 1 is 1.33 bits per heavy atom. The fourth-order valence-corrected chi connectivity index (χ4v) is 4.31. The highest BCUT2D eigenvalue weighted by molar-refractivity contribution is 8.00. The monoisotopic (exact) mass is 299 g/mol. The van der Waals surface area contributed by atoms with E-state index in [0.29, 0.717) is 5.25 Å². The van der Waals surface area contributed by atoms with Crippen molar-refractivity contribution in [1.82, 2.24) is 14.9 Å². The molecule has 21 heavy (non-hydrogen) atoms. The van der Waals surface area contributed by atoms with Crippen molar-refractivity contribution in [2.45, 2.75) is 55.5 Å². The normalized spacial score (nSPS) is 20.7. The molecular weight excluding hydrogens is 278 g/mol. The summed E-state index contributed by atoms with van der Waals surface area (Å²) in [5.74, 6) is 1.14. The minimum atomic E-state index is 0.634. The van der Waals surface area contributed by atoms with Crippen LogP contribution in [-0.4, -0.2) is 20.8 Å². The van der Waals surface area contributed by atoms with Crippen LogP contribution in [0.4, 0.5) is 0 Å². The van der Waals surface area contributed by atoms with E-state index in [1.165, 1.54) is 35.4 Å². The summed E-state index contributed by atoms with van der Waals surface area (Å²) < 4.78 is 2.40. The van der Waals surface area contributed by atoms with Crippen LogP contribution in [-0.2, 0) is 19.5 Å². The first-order valence-corrected chi connectivity index (χ1v) is 8.66. The third kappa shape index (κ3) is 2.87. The van der Waals surface area contributed by atoms with Gasteiger partial charge in [0, 0.05) is 35.5 Å². The Balaban J connectivity index is 1.46. The van der Waals surface area contributed by atoms with Gasteiger partial charge >= 0.3 is 0 Å². The number of aromatic nitrogens is 2. The molecule has 1 saturated carbocycles. The summed E-state index contributed by atoms with van der Waals surface area (Å²) in [6.07, 6.45) is 5.88. The molecule has 1 aliphatic heterocycles. The quantitative estimate of drug-likeness (QED) is 0.920. The predicted octanol–water partition coefficient (Wildman–Crippen LogP) is 3.16. The Bertz CT molecular complexity index is 620. The zero-order chi connectivity index (χ0) is 14.2. The van der Waals surface area contributed by atoms with Crippen molar-refractivity contribution in [2.75, 3.05) is 0 Å². The molecule has 0 radical (unpaired) electrons. The molecule has 1 aliphatic carbocycles. The van der Waals surface area contributed by atoms with Crippen LogP contribution in [0.15, 0.2) is 35.4 Å². The van der Waals surface area contributed by atoms with E-state index < -0.39 is 0 Å². The Kier molecular flexibility index (Phi) is 3.51. The molecule has 1 N–H and O–H groups in total. The van der Waals surface area contributed by atoms with Gasteiger partial charge in [0.2, 0.25) is 0 Å². The van der Waals surface area contributed by atoms with Crippen LogP contribution in [0.1, 0.15) is 29.9 Å². The Morgan fingerprint density at radius 2 is 2.19 bits per heavy atom.